The number of nitrogens with zero attached hydrogens (tertiary/aromatic N) is 2. The third-order valence-electron chi connectivity index (χ3n) is 2.82. The summed E-state index contributed by atoms with van der Waals surface area (Å²) < 4.78 is 23.8. The highest BCUT2D eigenvalue weighted by Crippen LogP contribution is 2.33. The number of halogens is 2. The lowest BCUT2D eigenvalue weighted by molar-refractivity contribution is -0.384. The lowest BCUT2D eigenvalue weighted by Gasteiger charge is -2.09. The Hall–Kier alpha value is -2.03. The Morgan fingerprint density at radius 2 is 1.93 bits per heavy atom. The molecule has 0 saturated heterocycles. The van der Waals surface area contributed by atoms with Crippen LogP contribution in [0.5, 0.6) is 11.6 Å². The van der Waals surface area contributed by atoms with E-state index in [-0.39, 0.29) is 16.6 Å². The molecule has 0 aliphatic heterocycles. The zero-order chi connectivity index (χ0) is 20.4. The zero-order valence-electron chi connectivity index (χ0n) is 14.6. The Bertz CT molecular complexity index is 803. The third kappa shape index (κ3) is 7.62. The fraction of sp³-hybridized carbons (Fsp3) is 0.267. The standard InChI is InChI=1S/C13H11Cl2N3O3.C2H6O3P/c1-2-16-11-6-9(3-4-12(11)18(19)20)21-13-10(15)5-8(14)7-17-13;1-4-6(3)5-2/h3-7,16H,2H2,1H3;1-2H3/q;+1. The molecule has 0 aliphatic rings. The van der Waals surface area contributed by atoms with E-state index in [9.17, 15) is 14.7 Å². The van der Waals surface area contributed by atoms with E-state index in [0.717, 1.165) is 0 Å². The van der Waals surface area contributed by atoms with Crippen LogP contribution in [0.15, 0.2) is 30.5 Å². The fourth-order valence-corrected chi connectivity index (χ4v) is 2.30. The molecule has 2 rings (SSSR count). The fourth-order valence-electron chi connectivity index (χ4n) is 1.73. The van der Waals surface area contributed by atoms with Crippen LogP contribution in [0.1, 0.15) is 6.92 Å². The van der Waals surface area contributed by atoms with Gasteiger partial charge in [0.15, 0.2) is 0 Å². The van der Waals surface area contributed by atoms with E-state index < -0.39 is 13.2 Å². The molecule has 146 valence electrons. The van der Waals surface area contributed by atoms with Gasteiger partial charge in [-0.3, -0.25) is 10.1 Å². The Labute approximate surface area is 166 Å². The van der Waals surface area contributed by atoms with Crippen molar-refractivity contribution in [2.45, 2.75) is 6.92 Å². The number of anilines is 1. The molecule has 0 saturated carbocycles. The molecule has 1 N–H and O–H groups in total. The van der Waals surface area contributed by atoms with Crippen LogP contribution < -0.4 is 10.1 Å². The SMILES string of the molecule is CCNc1cc(Oc2ncc(Cl)cc2Cl)ccc1[N+](=O)[O-].CO[P+](=O)OC. The monoisotopic (exact) mass is 436 g/mol. The summed E-state index contributed by atoms with van der Waals surface area (Å²) in [5, 5.41) is 14.5. The first kappa shape index (κ1) is 23.0. The van der Waals surface area contributed by atoms with Crippen molar-refractivity contribution in [2.24, 2.45) is 0 Å². The molecule has 12 heteroatoms. The topological polar surface area (TPSA) is 113 Å². The maximum atomic E-state index is 10.9. The summed E-state index contributed by atoms with van der Waals surface area (Å²) in [5.41, 5.74) is 0.337. The summed E-state index contributed by atoms with van der Waals surface area (Å²) in [5.74, 6) is 0.561. The number of pyridine rings is 1. The van der Waals surface area contributed by atoms with Crippen LogP contribution in [0.2, 0.25) is 10.0 Å². The van der Waals surface area contributed by atoms with Crippen LogP contribution >= 0.6 is 31.5 Å². The van der Waals surface area contributed by atoms with Gasteiger partial charge in [-0.25, -0.2) is 4.98 Å². The van der Waals surface area contributed by atoms with Crippen molar-refractivity contribution in [1.82, 2.24) is 4.98 Å². The van der Waals surface area contributed by atoms with Crippen molar-refractivity contribution < 1.29 is 23.3 Å². The number of aromatic nitrogens is 1. The van der Waals surface area contributed by atoms with Gasteiger partial charge in [0.25, 0.3) is 5.69 Å². The predicted molar refractivity (Wildman–Crippen MR) is 103 cm³/mol. The maximum Gasteiger partial charge on any atom is 0.696 e. The molecule has 9 nitrogen and oxygen atoms in total. The number of benzene rings is 1. The number of rotatable bonds is 7. The van der Waals surface area contributed by atoms with Crippen molar-refractivity contribution in [3.8, 4) is 11.6 Å². The van der Waals surface area contributed by atoms with E-state index in [1.54, 1.807) is 0 Å². The number of ether oxygens (including phenoxy) is 1. The summed E-state index contributed by atoms with van der Waals surface area (Å²) in [4.78, 5) is 14.4. The normalized spacial score (nSPS) is 9.81. The minimum atomic E-state index is -1.83. The van der Waals surface area contributed by atoms with E-state index in [4.69, 9.17) is 27.9 Å². The lowest BCUT2D eigenvalue weighted by atomic mass is 10.2. The second-order valence-electron chi connectivity index (χ2n) is 4.60. The molecule has 0 aliphatic carbocycles. The minimum Gasteiger partial charge on any atom is -0.437 e. The highest BCUT2D eigenvalue weighted by Gasteiger charge is 2.15. The zero-order valence-corrected chi connectivity index (χ0v) is 17.0. The predicted octanol–water partition coefficient (Wildman–Crippen LogP) is 5.46. The average Bonchev–Trinajstić information content (AvgIpc) is 2.64. The molecule has 0 atom stereocenters. The van der Waals surface area contributed by atoms with E-state index in [0.29, 0.717) is 23.0 Å². The molecule has 0 unspecified atom stereocenters. The molecule has 0 spiro atoms. The Kier molecular flexibility index (Phi) is 9.92. The van der Waals surface area contributed by atoms with Crippen LogP contribution in [0.3, 0.4) is 0 Å². The van der Waals surface area contributed by atoms with E-state index in [1.807, 2.05) is 6.92 Å². The van der Waals surface area contributed by atoms with Gasteiger partial charge in [0.2, 0.25) is 5.88 Å². The number of nitrogens with one attached hydrogen (secondary N) is 1. The van der Waals surface area contributed by atoms with Crippen molar-refractivity contribution in [3.05, 3.63) is 50.6 Å². The average molecular weight is 437 g/mol. The van der Waals surface area contributed by atoms with Gasteiger partial charge in [0.1, 0.15) is 16.5 Å². The Morgan fingerprint density at radius 3 is 2.41 bits per heavy atom. The second kappa shape index (κ2) is 11.6. The summed E-state index contributed by atoms with van der Waals surface area (Å²) in [7, 11) is 0.817. The highest BCUT2D eigenvalue weighted by molar-refractivity contribution is 7.33. The van der Waals surface area contributed by atoms with Gasteiger partial charge < -0.3 is 10.1 Å². The van der Waals surface area contributed by atoms with Crippen molar-refractivity contribution in [3.63, 3.8) is 0 Å². The van der Waals surface area contributed by atoms with Gasteiger partial charge in [-0.1, -0.05) is 23.2 Å². The maximum absolute atomic E-state index is 10.9. The van der Waals surface area contributed by atoms with Gasteiger partial charge in [-0.15, -0.1) is 9.05 Å². The van der Waals surface area contributed by atoms with Gasteiger partial charge in [-0.2, -0.15) is 0 Å². The van der Waals surface area contributed by atoms with Crippen LogP contribution in [-0.4, -0.2) is 30.7 Å². The van der Waals surface area contributed by atoms with Gasteiger partial charge in [0, 0.05) is 29.4 Å². The number of nitro benzene ring substituents is 1. The molecule has 27 heavy (non-hydrogen) atoms. The van der Waals surface area contributed by atoms with Crippen LogP contribution in [0.4, 0.5) is 11.4 Å². The molecule has 0 radical (unpaired) electrons. The summed E-state index contributed by atoms with van der Waals surface area (Å²) in [6.07, 6.45) is 1.40. The van der Waals surface area contributed by atoms with Gasteiger partial charge >= 0.3 is 8.25 Å². The van der Waals surface area contributed by atoms with Crippen molar-refractivity contribution in [1.29, 1.82) is 0 Å². The summed E-state index contributed by atoms with van der Waals surface area (Å²) in [6.45, 7) is 2.39. The lowest BCUT2D eigenvalue weighted by Crippen LogP contribution is -2.01. The van der Waals surface area contributed by atoms with E-state index in [2.05, 4.69) is 19.3 Å². The Balaban J connectivity index is 0.000000527. The van der Waals surface area contributed by atoms with Crippen LogP contribution in [0.25, 0.3) is 0 Å². The summed E-state index contributed by atoms with van der Waals surface area (Å²) >= 11 is 11.7. The smallest absolute Gasteiger partial charge is 0.437 e. The first-order valence-corrected chi connectivity index (χ1v) is 9.24. The first-order valence-electron chi connectivity index (χ1n) is 7.39. The largest absolute Gasteiger partial charge is 0.696 e. The van der Waals surface area contributed by atoms with Gasteiger partial charge in [0.05, 0.1) is 24.2 Å². The molecule has 0 bridgehead atoms. The number of nitro groups is 1. The van der Waals surface area contributed by atoms with Crippen LogP contribution in [0, 0.1) is 10.1 Å². The quantitative estimate of drug-likeness (QED) is 0.345. The molecular weight excluding hydrogens is 420 g/mol. The molecule has 2 aromatic rings. The molecule has 1 aromatic heterocycles. The van der Waals surface area contributed by atoms with E-state index in [1.165, 1.54) is 44.7 Å². The minimum absolute atomic E-state index is 0.0284. The summed E-state index contributed by atoms with van der Waals surface area (Å²) in [6, 6.07) is 5.86. The molecule has 1 heterocycles. The second-order valence-corrected chi connectivity index (χ2v) is 6.62. The van der Waals surface area contributed by atoms with Crippen molar-refractivity contribution >= 4 is 42.8 Å². The van der Waals surface area contributed by atoms with Crippen molar-refractivity contribution in [2.75, 3.05) is 26.1 Å². The molecular formula is C15H17Cl2N3O6P+. The van der Waals surface area contributed by atoms with E-state index >= 15 is 0 Å². The molecule has 0 fully saturated rings. The number of hydrogen-bond donors (Lipinski definition) is 1. The highest BCUT2D eigenvalue weighted by atomic mass is 35.5. The third-order valence-corrected chi connectivity index (χ3v) is 3.89. The van der Waals surface area contributed by atoms with Crippen LogP contribution in [-0.2, 0) is 13.6 Å². The Morgan fingerprint density at radius 1 is 1.26 bits per heavy atom. The molecule has 0 amide bonds. The first-order chi connectivity index (χ1) is 12.8. The van der Waals surface area contributed by atoms with Gasteiger partial charge in [-0.05, 0) is 19.1 Å². The number of hydrogen-bond acceptors (Lipinski definition) is 8. The molecule has 1 aromatic carbocycles.